The van der Waals surface area contributed by atoms with Crippen LogP contribution in [0.4, 0.5) is 4.39 Å². The van der Waals surface area contributed by atoms with Crippen molar-refractivity contribution in [1.82, 2.24) is 0 Å². The molecule has 15 heavy (non-hydrogen) atoms. The molecule has 1 aromatic rings. The smallest absolute Gasteiger partial charge is 0.217 e. The molecule has 0 radical (unpaired) electrons. The van der Waals surface area contributed by atoms with E-state index in [1.165, 1.54) is 20.3 Å². The van der Waals surface area contributed by atoms with E-state index in [0.717, 1.165) is 0 Å². The van der Waals surface area contributed by atoms with Crippen molar-refractivity contribution < 1.29 is 18.7 Å². The average molecular weight is 212 g/mol. The molecule has 0 fully saturated rings. The normalized spacial score (nSPS) is 10.7. The van der Waals surface area contributed by atoms with Gasteiger partial charge in [-0.1, -0.05) is 18.2 Å². The molecule has 0 aliphatic carbocycles. The van der Waals surface area contributed by atoms with Gasteiger partial charge in [0.15, 0.2) is 5.78 Å². The fraction of sp³-hybridized carbons (Fsp3) is 0.364. The van der Waals surface area contributed by atoms with E-state index in [-0.39, 0.29) is 12.2 Å². The maximum Gasteiger partial charge on any atom is 0.217 e. The molecule has 0 bridgehead atoms. The summed E-state index contributed by atoms with van der Waals surface area (Å²) in [5.41, 5.74) is 0.349. The molecular formula is C11H13FO3. The number of methoxy groups -OCH3 is 2. The zero-order valence-corrected chi connectivity index (χ0v) is 8.70. The average Bonchev–Trinajstić information content (AvgIpc) is 2.23. The van der Waals surface area contributed by atoms with Gasteiger partial charge >= 0.3 is 0 Å². The van der Waals surface area contributed by atoms with Crippen LogP contribution in [0.15, 0.2) is 24.3 Å². The van der Waals surface area contributed by atoms with Crippen LogP contribution in [0, 0.1) is 5.82 Å². The summed E-state index contributed by atoms with van der Waals surface area (Å²) in [5, 5.41) is 0. The number of ether oxygens (including phenoxy) is 2. The Morgan fingerprint density at radius 3 is 2.47 bits per heavy atom. The number of hydrogen-bond donors (Lipinski definition) is 0. The molecule has 82 valence electrons. The Morgan fingerprint density at radius 2 is 1.93 bits per heavy atom. The summed E-state index contributed by atoms with van der Waals surface area (Å²) in [4.78, 5) is 11.5. The SMILES string of the molecule is COC(OC)C(=O)Cc1ccccc1F. The summed E-state index contributed by atoms with van der Waals surface area (Å²) in [6.45, 7) is 0. The number of halogens is 1. The fourth-order valence-corrected chi connectivity index (χ4v) is 1.27. The lowest BCUT2D eigenvalue weighted by Crippen LogP contribution is -2.26. The lowest BCUT2D eigenvalue weighted by Gasteiger charge is -2.11. The predicted octanol–water partition coefficient (Wildman–Crippen LogP) is 1.56. The quantitative estimate of drug-likeness (QED) is 0.695. The summed E-state index contributed by atoms with van der Waals surface area (Å²) >= 11 is 0. The molecule has 3 nitrogen and oxygen atoms in total. The van der Waals surface area contributed by atoms with Gasteiger partial charge in [0, 0.05) is 20.6 Å². The zero-order chi connectivity index (χ0) is 11.3. The van der Waals surface area contributed by atoms with Gasteiger partial charge < -0.3 is 9.47 Å². The van der Waals surface area contributed by atoms with Crippen LogP contribution in [0.2, 0.25) is 0 Å². The molecule has 0 spiro atoms. The number of carbonyl (C=O) groups excluding carboxylic acids is 1. The molecule has 0 saturated carbocycles. The molecule has 0 atom stereocenters. The number of hydrogen-bond acceptors (Lipinski definition) is 3. The maximum atomic E-state index is 13.2. The van der Waals surface area contributed by atoms with E-state index in [1.54, 1.807) is 18.2 Å². The molecule has 1 aromatic carbocycles. The van der Waals surface area contributed by atoms with Gasteiger partial charge in [0.05, 0.1) is 0 Å². The molecule has 0 heterocycles. The van der Waals surface area contributed by atoms with E-state index >= 15 is 0 Å². The van der Waals surface area contributed by atoms with E-state index < -0.39 is 12.1 Å². The molecule has 4 heteroatoms. The Kier molecular flexibility index (Phi) is 4.39. The Labute approximate surface area is 87.8 Å². The van der Waals surface area contributed by atoms with Gasteiger partial charge in [-0.05, 0) is 11.6 Å². The molecule has 0 amide bonds. The summed E-state index contributed by atoms with van der Waals surface area (Å²) in [6, 6.07) is 6.14. The third-order valence-electron chi connectivity index (χ3n) is 2.01. The van der Waals surface area contributed by atoms with Crippen LogP contribution in [0.1, 0.15) is 5.56 Å². The number of rotatable bonds is 5. The Morgan fingerprint density at radius 1 is 1.33 bits per heavy atom. The lowest BCUT2D eigenvalue weighted by molar-refractivity contribution is -0.155. The first kappa shape index (κ1) is 11.8. The Bertz CT molecular complexity index is 334. The van der Waals surface area contributed by atoms with Crippen molar-refractivity contribution in [2.45, 2.75) is 12.7 Å². The van der Waals surface area contributed by atoms with E-state index in [9.17, 15) is 9.18 Å². The number of ketones is 1. The third kappa shape index (κ3) is 3.11. The second kappa shape index (κ2) is 5.58. The van der Waals surface area contributed by atoms with E-state index in [0.29, 0.717) is 5.56 Å². The van der Waals surface area contributed by atoms with E-state index in [2.05, 4.69) is 0 Å². The number of benzene rings is 1. The van der Waals surface area contributed by atoms with Crippen LogP contribution in [0.5, 0.6) is 0 Å². The van der Waals surface area contributed by atoms with Gasteiger partial charge in [-0.3, -0.25) is 4.79 Å². The van der Waals surface area contributed by atoms with E-state index in [4.69, 9.17) is 9.47 Å². The number of Topliss-reactive ketones (excluding diaryl/α,β-unsaturated/α-hetero) is 1. The summed E-state index contributed by atoms with van der Waals surface area (Å²) in [7, 11) is 2.74. The largest absolute Gasteiger partial charge is 0.349 e. The molecule has 0 aromatic heterocycles. The van der Waals surface area contributed by atoms with Crippen LogP contribution < -0.4 is 0 Å². The minimum absolute atomic E-state index is 0.0288. The van der Waals surface area contributed by atoms with Crippen LogP contribution in [0.25, 0.3) is 0 Å². The standard InChI is InChI=1S/C11H13FO3/c1-14-11(15-2)10(13)7-8-5-3-4-6-9(8)12/h3-6,11H,7H2,1-2H3. The van der Waals surface area contributed by atoms with Crippen LogP contribution in [-0.4, -0.2) is 26.3 Å². The van der Waals surface area contributed by atoms with Crippen LogP contribution >= 0.6 is 0 Å². The van der Waals surface area contributed by atoms with Crippen molar-refractivity contribution in [1.29, 1.82) is 0 Å². The molecule has 0 aliphatic heterocycles. The van der Waals surface area contributed by atoms with Crippen molar-refractivity contribution in [3.63, 3.8) is 0 Å². The van der Waals surface area contributed by atoms with Gasteiger partial charge in [-0.15, -0.1) is 0 Å². The highest BCUT2D eigenvalue weighted by molar-refractivity contribution is 5.84. The summed E-state index contributed by atoms with van der Waals surface area (Å²) in [6.07, 6.45) is -0.955. The summed E-state index contributed by atoms with van der Waals surface area (Å²) in [5.74, 6) is -0.693. The molecule has 0 saturated heterocycles. The van der Waals surface area contributed by atoms with Gasteiger partial charge in [-0.2, -0.15) is 0 Å². The molecule has 0 N–H and O–H groups in total. The fourth-order valence-electron chi connectivity index (χ4n) is 1.27. The highest BCUT2D eigenvalue weighted by Crippen LogP contribution is 2.09. The topological polar surface area (TPSA) is 35.5 Å². The predicted molar refractivity (Wildman–Crippen MR) is 52.9 cm³/mol. The molecule has 0 unspecified atom stereocenters. The second-order valence-corrected chi connectivity index (χ2v) is 3.04. The number of carbonyl (C=O) groups is 1. The van der Waals surface area contributed by atoms with Gasteiger partial charge in [0.2, 0.25) is 6.29 Å². The Balaban J connectivity index is 2.70. The third-order valence-corrected chi connectivity index (χ3v) is 2.01. The van der Waals surface area contributed by atoms with Crippen LogP contribution in [-0.2, 0) is 20.7 Å². The van der Waals surface area contributed by atoms with Crippen molar-refractivity contribution >= 4 is 5.78 Å². The van der Waals surface area contributed by atoms with Crippen LogP contribution in [0.3, 0.4) is 0 Å². The molecule has 1 rings (SSSR count). The van der Waals surface area contributed by atoms with Gasteiger partial charge in [-0.25, -0.2) is 4.39 Å². The monoisotopic (exact) mass is 212 g/mol. The first-order chi connectivity index (χ1) is 7.19. The molecule has 0 aliphatic rings. The highest BCUT2D eigenvalue weighted by Gasteiger charge is 2.18. The highest BCUT2D eigenvalue weighted by atomic mass is 19.1. The Hall–Kier alpha value is -1.26. The van der Waals surface area contributed by atoms with Gasteiger partial charge in [0.1, 0.15) is 5.82 Å². The zero-order valence-electron chi connectivity index (χ0n) is 8.70. The minimum atomic E-state index is -0.926. The maximum absolute atomic E-state index is 13.2. The minimum Gasteiger partial charge on any atom is -0.349 e. The lowest BCUT2D eigenvalue weighted by atomic mass is 10.1. The second-order valence-electron chi connectivity index (χ2n) is 3.04. The van der Waals surface area contributed by atoms with E-state index in [1.807, 2.05) is 0 Å². The van der Waals surface area contributed by atoms with Gasteiger partial charge in [0.25, 0.3) is 0 Å². The van der Waals surface area contributed by atoms with Crippen molar-refractivity contribution in [3.05, 3.63) is 35.6 Å². The van der Waals surface area contributed by atoms with Crippen molar-refractivity contribution in [2.75, 3.05) is 14.2 Å². The molecular weight excluding hydrogens is 199 g/mol. The first-order valence-corrected chi connectivity index (χ1v) is 4.50. The van der Waals surface area contributed by atoms with Crippen molar-refractivity contribution in [3.8, 4) is 0 Å². The summed E-state index contributed by atoms with van der Waals surface area (Å²) < 4.78 is 22.7. The van der Waals surface area contributed by atoms with Crippen molar-refractivity contribution in [2.24, 2.45) is 0 Å². The first-order valence-electron chi connectivity index (χ1n) is 4.50.